The van der Waals surface area contributed by atoms with Crippen molar-refractivity contribution in [1.82, 2.24) is 4.90 Å². The largest absolute Gasteiger partial charge is 0.341 e. The topological polar surface area (TPSA) is 46.3 Å². The SMILES string of the molecule is Cc1cc(C)c(C(N)CN2CCCCCCC2=O)c(C)c1. The molecule has 0 spiro atoms. The van der Waals surface area contributed by atoms with Gasteiger partial charge >= 0.3 is 0 Å². The molecule has 1 aliphatic rings. The van der Waals surface area contributed by atoms with Gasteiger partial charge in [0.1, 0.15) is 0 Å². The first-order valence-electron chi connectivity index (χ1n) is 8.10. The minimum atomic E-state index is -0.0889. The second kappa shape index (κ2) is 7.08. The highest BCUT2D eigenvalue weighted by atomic mass is 16.2. The van der Waals surface area contributed by atoms with E-state index in [1.807, 2.05) is 4.90 Å². The maximum atomic E-state index is 12.2. The lowest BCUT2D eigenvalue weighted by Crippen LogP contribution is -2.38. The van der Waals surface area contributed by atoms with Crippen molar-refractivity contribution in [2.45, 2.75) is 58.9 Å². The van der Waals surface area contributed by atoms with Crippen molar-refractivity contribution in [1.29, 1.82) is 0 Å². The van der Waals surface area contributed by atoms with Gasteiger partial charge in [-0.3, -0.25) is 4.79 Å². The van der Waals surface area contributed by atoms with Crippen molar-refractivity contribution in [3.05, 3.63) is 34.4 Å². The maximum Gasteiger partial charge on any atom is 0.222 e. The third kappa shape index (κ3) is 4.07. The predicted octanol–water partition coefficient (Wildman–Crippen LogP) is 3.40. The highest BCUT2D eigenvalue weighted by Crippen LogP contribution is 2.24. The van der Waals surface area contributed by atoms with Crippen LogP contribution < -0.4 is 5.73 Å². The van der Waals surface area contributed by atoms with Crippen LogP contribution in [0.25, 0.3) is 0 Å². The van der Waals surface area contributed by atoms with Crippen LogP contribution >= 0.6 is 0 Å². The van der Waals surface area contributed by atoms with E-state index in [9.17, 15) is 4.79 Å². The van der Waals surface area contributed by atoms with Crippen LogP contribution in [0.4, 0.5) is 0 Å². The van der Waals surface area contributed by atoms with Gasteiger partial charge in [0.25, 0.3) is 0 Å². The van der Waals surface area contributed by atoms with E-state index in [1.165, 1.54) is 35.1 Å². The third-order valence-electron chi connectivity index (χ3n) is 4.45. The van der Waals surface area contributed by atoms with Crippen LogP contribution in [0.15, 0.2) is 12.1 Å². The first kappa shape index (κ1) is 16.0. The molecule has 0 bridgehead atoms. The molecule has 1 amide bonds. The standard InChI is InChI=1S/C18H28N2O/c1-13-10-14(2)18(15(3)11-13)16(19)12-20-9-7-5-4-6-8-17(20)21/h10-11,16H,4-9,12,19H2,1-3H3. The zero-order chi connectivity index (χ0) is 15.4. The molecule has 1 heterocycles. The second-order valence-electron chi connectivity index (χ2n) is 6.42. The van der Waals surface area contributed by atoms with Crippen LogP contribution in [-0.2, 0) is 4.79 Å². The summed E-state index contributed by atoms with van der Waals surface area (Å²) in [6.07, 6.45) is 5.21. The normalized spacial score (nSPS) is 18.3. The molecule has 116 valence electrons. The van der Waals surface area contributed by atoms with Crippen molar-refractivity contribution >= 4 is 5.91 Å². The molecule has 0 saturated carbocycles. The van der Waals surface area contributed by atoms with Gasteiger partial charge in [-0.2, -0.15) is 0 Å². The molecule has 1 aromatic carbocycles. The Morgan fingerprint density at radius 3 is 2.38 bits per heavy atom. The number of amides is 1. The lowest BCUT2D eigenvalue weighted by Gasteiger charge is -2.29. The number of nitrogens with two attached hydrogens (primary N) is 1. The fraction of sp³-hybridized carbons (Fsp3) is 0.611. The van der Waals surface area contributed by atoms with Gasteiger partial charge in [0.15, 0.2) is 0 Å². The summed E-state index contributed by atoms with van der Waals surface area (Å²) in [4.78, 5) is 14.2. The Kier molecular flexibility index (Phi) is 5.40. The Morgan fingerprint density at radius 1 is 1.10 bits per heavy atom. The van der Waals surface area contributed by atoms with E-state index in [-0.39, 0.29) is 11.9 Å². The molecule has 1 atom stereocenters. The zero-order valence-corrected chi connectivity index (χ0v) is 13.6. The lowest BCUT2D eigenvalue weighted by atomic mass is 9.94. The first-order valence-corrected chi connectivity index (χ1v) is 8.10. The highest BCUT2D eigenvalue weighted by molar-refractivity contribution is 5.76. The van der Waals surface area contributed by atoms with Gasteiger partial charge in [-0.05, 0) is 50.3 Å². The molecule has 3 nitrogen and oxygen atoms in total. The summed E-state index contributed by atoms with van der Waals surface area (Å²) in [6.45, 7) is 7.84. The van der Waals surface area contributed by atoms with E-state index in [1.54, 1.807) is 0 Å². The van der Waals surface area contributed by atoms with Crippen LogP contribution in [0.3, 0.4) is 0 Å². The summed E-state index contributed by atoms with van der Waals surface area (Å²) in [5.74, 6) is 0.271. The Bertz CT molecular complexity index is 487. The molecule has 0 aromatic heterocycles. The molecule has 1 unspecified atom stereocenters. The summed E-state index contributed by atoms with van der Waals surface area (Å²) < 4.78 is 0. The minimum absolute atomic E-state index is 0.0889. The van der Waals surface area contributed by atoms with Gasteiger partial charge in [0, 0.05) is 25.6 Å². The van der Waals surface area contributed by atoms with Gasteiger partial charge in [-0.25, -0.2) is 0 Å². The average molecular weight is 288 g/mol. The predicted molar refractivity (Wildman–Crippen MR) is 87.2 cm³/mol. The van der Waals surface area contributed by atoms with Crippen molar-refractivity contribution in [2.75, 3.05) is 13.1 Å². The van der Waals surface area contributed by atoms with Gasteiger partial charge in [0.05, 0.1) is 0 Å². The fourth-order valence-electron chi connectivity index (χ4n) is 3.51. The van der Waals surface area contributed by atoms with Crippen molar-refractivity contribution in [2.24, 2.45) is 5.73 Å². The van der Waals surface area contributed by atoms with Crippen molar-refractivity contribution < 1.29 is 4.79 Å². The molecule has 3 heteroatoms. The fourth-order valence-corrected chi connectivity index (χ4v) is 3.51. The molecule has 2 rings (SSSR count). The van der Waals surface area contributed by atoms with Gasteiger partial charge in [0.2, 0.25) is 5.91 Å². The molecule has 2 N–H and O–H groups in total. The molecular formula is C18H28N2O. The molecule has 1 saturated heterocycles. The second-order valence-corrected chi connectivity index (χ2v) is 6.42. The summed E-state index contributed by atoms with van der Waals surface area (Å²) in [5.41, 5.74) is 11.4. The van der Waals surface area contributed by atoms with Crippen LogP contribution in [0.5, 0.6) is 0 Å². The van der Waals surface area contributed by atoms with Gasteiger partial charge < -0.3 is 10.6 Å². The minimum Gasteiger partial charge on any atom is -0.341 e. The zero-order valence-electron chi connectivity index (χ0n) is 13.6. The lowest BCUT2D eigenvalue weighted by molar-refractivity contribution is -0.132. The van der Waals surface area contributed by atoms with Gasteiger partial charge in [-0.15, -0.1) is 0 Å². The van der Waals surface area contributed by atoms with E-state index in [4.69, 9.17) is 5.73 Å². The maximum absolute atomic E-state index is 12.2. The monoisotopic (exact) mass is 288 g/mol. The summed E-state index contributed by atoms with van der Waals surface area (Å²) in [7, 11) is 0. The van der Waals surface area contributed by atoms with Gasteiger partial charge in [-0.1, -0.05) is 30.5 Å². The van der Waals surface area contributed by atoms with E-state index >= 15 is 0 Å². The van der Waals surface area contributed by atoms with Crippen LogP contribution in [0, 0.1) is 20.8 Å². The number of carbonyl (C=O) groups excluding carboxylic acids is 1. The van der Waals surface area contributed by atoms with Crippen LogP contribution in [0.1, 0.15) is 60.4 Å². The number of rotatable bonds is 3. The quantitative estimate of drug-likeness (QED) is 0.926. The van der Waals surface area contributed by atoms with Crippen LogP contribution in [0.2, 0.25) is 0 Å². The van der Waals surface area contributed by atoms with E-state index in [0.717, 1.165) is 19.4 Å². The molecule has 1 aromatic rings. The Labute approximate surface area is 128 Å². The summed E-state index contributed by atoms with van der Waals surface area (Å²) in [5, 5.41) is 0. The number of carbonyl (C=O) groups is 1. The molecular weight excluding hydrogens is 260 g/mol. The molecule has 21 heavy (non-hydrogen) atoms. The Morgan fingerprint density at radius 2 is 1.71 bits per heavy atom. The number of likely N-dealkylation sites (tertiary alicyclic amines) is 1. The average Bonchev–Trinajstić information content (AvgIpc) is 2.37. The molecule has 0 radical (unpaired) electrons. The van der Waals surface area contributed by atoms with Crippen molar-refractivity contribution in [3.63, 3.8) is 0 Å². The Balaban J connectivity index is 2.12. The third-order valence-corrected chi connectivity index (χ3v) is 4.45. The number of hydrogen-bond donors (Lipinski definition) is 1. The van der Waals surface area contributed by atoms with E-state index in [2.05, 4.69) is 32.9 Å². The van der Waals surface area contributed by atoms with Crippen molar-refractivity contribution in [3.8, 4) is 0 Å². The smallest absolute Gasteiger partial charge is 0.222 e. The highest BCUT2D eigenvalue weighted by Gasteiger charge is 2.20. The van der Waals surface area contributed by atoms with Crippen LogP contribution in [-0.4, -0.2) is 23.9 Å². The number of aryl methyl sites for hydroxylation is 3. The number of hydrogen-bond acceptors (Lipinski definition) is 2. The van der Waals surface area contributed by atoms with E-state index in [0.29, 0.717) is 13.0 Å². The number of nitrogens with zero attached hydrogens (tertiary/aromatic N) is 1. The summed E-state index contributed by atoms with van der Waals surface area (Å²) >= 11 is 0. The number of benzene rings is 1. The Hall–Kier alpha value is -1.35. The molecule has 1 fully saturated rings. The molecule has 1 aliphatic heterocycles. The first-order chi connectivity index (χ1) is 9.99. The molecule has 0 aliphatic carbocycles. The van der Waals surface area contributed by atoms with E-state index < -0.39 is 0 Å². The summed E-state index contributed by atoms with van der Waals surface area (Å²) in [6, 6.07) is 4.27.